The van der Waals surface area contributed by atoms with Gasteiger partial charge >= 0.3 is 5.97 Å². The van der Waals surface area contributed by atoms with Gasteiger partial charge in [0.05, 0.1) is 5.41 Å². The molecule has 0 spiro atoms. The molecule has 0 radical (unpaired) electrons. The molecule has 1 unspecified atom stereocenters. The SMILES string of the molecule is O=C(O)C1(Cc2ccccc2Cl)CCc2ccccc21. The Bertz CT molecular complexity index is 666. The third-order valence-corrected chi connectivity index (χ3v) is 4.58. The molecule has 102 valence electrons. The van der Waals surface area contributed by atoms with Crippen molar-refractivity contribution in [3.63, 3.8) is 0 Å². The topological polar surface area (TPSA) is 37.3 Å². The fourth-order valence-electron chi connectivity index (χ4n) is 3.14. The first kappa shape index (κ1) is 13.2. The maximum absolute atomic E-state index is 12.0. The fraction of sp³-hybridized carbons (Fsp3) is 0.235. The van der Waals surface area contributed by atoms with Crippen molar-refractivity contribution in [2.75, 3.05) is 0 Å². The molecule has 2 aromatic rings. The lowest BCUT2D eigenvalue weighted by molar-refractivity contribution is -0.143. The maximum atomic E-state index is 12.0. The Kier molecular flexibility index (Phi) is 3.27. The first-order valence-corrected chi connectivity index (χ1v) is 7.06. The largest absolute Gasteiger partial charge is 0.481 e. The molecular formula is C17H15ClO2. The highest BCUT2D eigenvalue weighted by Gasteiger charge is 2.45. The molecular weight excluding hydrogens is 272 g/mol. The van der Waals surface area contributed by atoms with Crippen molar-refractivity contribution in [1.29, 1.82) is 0 Å². The number of benzene rings is 2. The van der Waals surface area contributed by atoms with E-state index in [-0.39, 0.29) is 0 Å². The van der Waals surface area contributed by atoms with Crippen molar-refractivity contribution in [3.05, 3.63) is 70.2 Å². The number of aliphatic carboxylic acids is 1. The monoisotopic (exact) mass is 286 g/mol. The molecule has 0 saturated carbocycles. The summed E-state index contributed by atoms with van der Waals surface area (Å²) in [5.41, 5.74) is 2.13. The van der Waals surface area contributed by atoms with Crippen LogP contribution in [0.25, 0.3) is 0 Å². The zero-order chi connectivity index (χ0) is 14.2. The second-order valence-electron chi connectivity index (χ2n) is 5.31. The first-order valence-electron chi connectivity index (χ1n) is 6.69. The summed E-state index contributed by atoms with van der Waals surface area (Å²) in [7, 11) is 0. The van der Waals surface area contributed by atoms with Crippen LogP contribution in [0.5, 0.6) is 0 Å². The van der Waals surface area contributed by atoms with Crippen molar-refractivity contribution in [2.24, 2.45) is 0 Å². The van der Waals surface area contributed by atoms with Crippen molar-refractivity contribution < 1.29 is 9.90 Å². The average molecular weight is 287 g/mol. The third kappa shape index (κ3) is 2.01. The lowest BCUT2D eigenvalue weighted by Crippen LogP contribution is -2.36. The quantitative estimate of drug-likeness (QED) is 0.930. The molecule has 2 nitrogen and oxygen atoms in total. The molecule has 1 aliphatic carbocycles. The number of carboxylic acids is 1. The van der Waals surface area contributed by atoms with E-state index >= 15 is 0 Å². The van der Waals surface area contributed by atoms with Gasteiger partial charge in [-0.05, 0) is 42.0 Å². The zero-order valence-corrected chi connectivity index (χ0v) is 11.7. The van der Waals surface area contributed by atoms with Gasteiger partial charge in [0.2, 0.25) is 0 Å². The molecule has 3 heteroatoms. The Hall–Kier alpha value is -1.80. The van der Waals surface area contributed by atoms with Gasteiger partial charge < -0.3 is 5.11 Å². The molecule has 0 amide bonds. The van der Waals surface area contributed by atoms with Crippen LogP contribution >= 0.6 is 11.6 Å². The minimum Gasteiger partial charge on any atom is -0.481 e. The van der Waals surface area contributed by atoms with Gasteiger partial charge in [0, 0.05) is 5.02 Å². The highest BCUT2D eigenvalue weighted by Crippen LogP contribution is 2.42. The van der Waals surface area contributed by atoms with E-state index in [0.717, 1.165) is 23.1 Å². The van der Waals surface area contributed by atoms with E-state index in [0.29, 0.717) is 17.9 Å². The van der Waals surface area contributed by atoms with Crippen LogP contribution in [0, 0.1) is 0 Å². The van der Waals surface area contributed by atoms with Crippen molar-refractivity contribution >= 4 is 17.6 Å². The number of aryl methyl sites for hydroxylation is 1. The lowest BCUT2D eigenvalue weighted by Gasteiger charge is -2.26. The second-order valence-corrected chi connectivity index (χ2v) is 5.72. The molecule has 0 aliphatic heterocycles. The summed E-state index contributed by atoms with van der Waals surface area (Å²) < 4.78 is 0. The molecule has 1 N–H and O–H groups in total. The Morgan fingerprint density at radius 2 is 1.85 bits per heavy atom. The summed E-state index contributed by atoms with van der Waals surface area (Å²) in [6.07, 6.45) is 1.89. The van der Waals surface area contributed by atoms with Gasteiger partial charge in [0.15, 0.2) is 0 Å². The standard InChI is InChI=1S/C17H15ClO2/c18-15-8-4-2-6-13(15)11-17(16(19)20)10-9-12-5-1-3-7-14(12)17/h1-8H,9-11H2,(H,19,20). The summed E-state index contributed by atoms with van der Waals surface area (Å²) in [6.45, 7) is 0. The predicted octanol–water partition coefficient (Wildman–Crippen LogP) is 3.85. The number of halogens is 1. The minimum atomic E-state index is -0.846. The number of fused-ring (bicyclic) bond motifs is 1. The van der Waals surface area contributed by atoms with E-state index in [2.05, 4.69) is 0 Å². The Balaban J connectivity index is 2.08. The van der Waals surface area contributed by atoms with E-state index in [4.69, 9.17) is 11.6 Å². The summed E-state index contributed by atoms with van der Waals surface area (Å²) in [5.74, 6) is -0.762. The van der Waals surface area contributed by atoms with Crippen molar-refractivity contribution in [2.45, 2.75) is 24.7 Å². The number of carbonyl (C=O) groups is 1. The molecule has 0 bridgehead atoms. The number of hydrogen-bond donors (Lipinski definition) is 1. The molecule has 20 heavy (non-hydrogen) atoms. The summed E-state index contributed by atoms with van der Waals surface area (Å²) >= 11 is 6.20. The Morgan fingerprint density at radius 3 is 2.60 bits per heavy atom. The molecule has 0 saturated heterocycles. The van der Waals surface area contributed by atoms with Gasteiger partial charge in [0.25, 0.3) is 0 Å². The molecule has 1 atom stereocenters. The van der Waals surface area contributed by atoms with Crippen molar-refractivity contribution in [1.82, 2.24) is 0 Å². The zero-order valence-electron chi connectivity index (χ0n) is 11.0. The van der Waals surface area contributed by atoms with Gasteiger partial charge in [-0.25, -0.2) is 0 Å². The van der Waals surface area contributed by atoms with Crippen LogP contribution in [0.4, 0.5) is 0 Å². The van der Waals surface area contributed by atoms with Crippen LogP contribution < -0.4 is 0 Å². The Morgan fingerprint density at radius 1 is 1.15 bits per heavy atom. The summed E-state index contributed by atoms with van der Waals surface area (Å²) in [4.78, 5) is 12.0. The summed E-state index contributed by atoms with van der Waals surface area (Å²) in [5, 5.41) is 10.5. The highest BCUT2D eigenvalue weighted by molar-refractivity contribution is 6.31. The van der Waals surface area contributed by atoms with E-state index in [1.807, 2.05) is 48.5 Å². The van der Waals surface area contributed by atoms with Gasteiger partial charge in [-0.3, -0.25) is 4.79 Å². The molecule has 0 heterocycles. The smallest absolute Gasteiger partial charge is 0.314 e. The first-order chi connectivity index (χ1) is 9.63. The molecule has 0 aromatic heterocycles. The van der Waals surface area contributed by atoms with E-state index in [1.165, 1.54) is 0 Å². The number of hydrogen-bond acceptors (Lipinski definition) is 1. The minimum absolute atomic E-state index is 0.443. The number of rotatable bonds is 3. The highest BCUT2D eigenvalue weighted by atomic mass is 35.5. The van der Waals surface area contributed by atoms with Crippen LogP contribution in [-0.4, -0.2) is 11.1 Å². The van der Waals surface area contributed by atoms with Crippen LogP contribution in [0.1, 0.15) is 23.1 Å². The normalized spacial score (nSPS) is 20.6. The van der Waals surface area contributed by atoms with Crippen LogP contribution in [0.3, 0.4) is 0 Å². The van der Waals surface area contributed by atoms with Crippen LogP contribution in [0.15, 0.2) is 48.5 Å². The predicted molar refractivity (Wildman–Crippen MR) is 79.2 cm³/mol. The molecule has 0 fully saturated rings. The lowest BCUT2D eigenvalue weighted by atomic mass is 9.76. The van der Waals surface area contributed by atoms with Gasteiger partial charge in [-0.1, -0.05) is 54.1 Å². The third-order valence-electron chi connectivity index (χ3n) is 4.21. The van der Waals surface area contributed by atoms with Gasteiger partial charge in [-0.2, -0.15) is 0 Å². The molecule has 3 rings (SSSR count). The van der Waals surface area contributed by atoms with Crippen molar-refractivity contribution in [3.8, 4) is 0 Å². The Labute approximate surface area is 123 Å². The molecule has 2 aromatic carbocycles. The molecule has 1 aliphatic rings. The van der Waals surface area contributed by atoms with Crippen LogP contribution in [-0.2, 0) is 23.1 Å². The van der Waals surface area contributed by atoms with E-state index in [9.17, 15) is 9.90 Å². The van der Waals surface area contributed by atoms with Gasteiger partial charge in [0.1, 0.15) is 0 Å². The average Bonchev–Trinajstić information content (AvgIpc) is 2.82. The number of carboxylic acid groups (broad SMARTS) is 1. The fourth-order valence-corrected chi connectivity index (χ4v) is 3.34. The maximum Gasteiger partial charge on any atom is 0.314 e. The second kappa shape index (κ2) is 4.95. The van der Waals surface area contributed by atoms with E-state index in [1.54, 1.807) is 0 Å². The van der Waals surface area contributed by atoms with E-state index < -0.39 is 11.4 Å². The van der Waals surface area contributed by atoms with Gasteiger partial charge in [-0.15, -0.1) is 0 Å². The van der Waals surface area contributed by atoms with Crippen LogP contribution in [0.2, 0.25) is 5.02 Å². The summed E-state index contributed by atoms with van der Waals surface area (Å²) in [6, 6.07) is 15.3.